The van der Waals surface area contributed by atoms with Crippen molar-refractivity contribution in [1.29, 1.82) is 0 Å². The summed E-state index contributed by atoms with van der Waals surface area (Å²) in [6.45, 7) is 6.04. The predicted molar refractivity (Wildman–Crippen MR) is 78.5 cm³/mol. The fourth-order valence-electron chi connectivity index (χ4n) is 1.52. The van der Waals surface area contributed by atoms with Gasteiger partial charge in [-0.05, 0) is 43.4 Å². The summed E-state index contributed by atoms with van der Waals surface area (Å²) in [6, 6.07) is 3.29. The number of rotatable bonds is 5. The van der Waals surface area contributed by atoms with E-state index in [0.717, 1.165) is 11.1 Å². The molecular weight excluding hydrogens is 268 g/mol. The van der Waals surface area contributed by atoms with Crippen molar-refractivity contribution in [3.05, 3.63) is 23.3 Å². The van der Waals surface area contributed by atoms with Crippen LogP contribution in [0.3, 0.4) is 0 Å². The van der Waals surface area contributed by atoms with Crippen molar-refractivity contribution in [2.75, 3.05) is 18.5 Å². The van der Waals surface area contributed by atoms with Crippen molar-refractivity contribution in [2.45, 2.75) is 30.9 Å². The Labute approximate surface area is 113 Å². The summed E-state index contributed by atoms with van der Waals surface area (Å²) in [6.07, 6.45) is 1.95. The van der Waals surface area contributed by atoms with Gasteiger partial charge in [0, 0.05) is 17.5 Å². The van der Waals surface area contributed by atoms with E-state index < -0.39 is 10.0 Å². The molecule has 1 atom stereocenters. The number of thioether (sulfide) groups is 1. The Hall–Kier alpha value is -0.720. The molecule has 0 aliphatic heterocycles. The fraction of sp³-hybridized carbons (Fsp3) is 0.500. The molecule has 0 fully saturated rings. The molecule has 0 saturated heterocycles. The van der Waals surface area contributed by atoms with E-state index >= 15 is 0 Å². The molecule has 0 heterocycles. The van der Waals surface area contributed by atoms with E-state index in [9.17, 15) is 8.42 Å². The molecular formula is C12H20N2O2S2. The summed E-state index contributed by atoms with van der Waals surface area (Å²) < 4.78 is 27.0. The van der Waals surface area contributed by atoms with Crippen LogP contribution < -0.4 is 10.5 Å². The summed E-state index contributed by atoms with van der Waals surface area (Å²) in [4.78, 5) is 0.272. The Kier molecular flexibility index (Phi) is 5.07. The monoisotopic (exact) mass is 288 g/mol. The van der Waals surface area contributed by atoms with Crippen LogP contribution in [0.1, 0.15) is 18.1 Å². The lowest BCUT2D eigenvalue weighted by atomic mass is 10.1. The molecule has 1 rings (SSSR count). The molecule has 3 N–H and O–H groups in total. The number of nitrogens with two attached hydrogens (primary N) is 1. The van der Waals surface area contributed by atoms with Gasteiger partial charge < -0.3 is 5.73 Å². The Bertz CT molecular complexity index is 527. The number of anilines is 1. The minimum absolute atomic E-state index is 0.238. The van der Waals surface area contributed by atoms with Crippen molar-refractivity contribution >= 4 is 27.5 Å². The van der Waals surface area contributed by atoms with Gasteiger partial charge >= 0.3 is 0 Å². The first-order chi connectivity index (χ1) is 8.27. The van der Waals surface area contributed by atoms with Gasteiger partial charge in [-0.25, -0.2) is 13.1 Å². The molecule has 1 unspecified atom stereocenters. The predicted octanol–water partition coefficient (Wildman–Crippen LogP) is 1.92. The standard InChI is InChI=1S/C12H20N2O2S2/c1-8-5-11(13)6-12(10(8)3)18(15,16)14-7-9(2)17-4/h5-6,9,14H,7,13H2,1-4H3. The molecule has 0 aromatic heterocycles. The zero-order valence-electron chi connectivity index (χ0n) is 11.1. The van der Waals surface area contributed by atoms with Crippen molar-refractivity contribution in [2.24, 2.45) is 0 Å². The summed E-state index contributed by atoms with van der Waals surface area (Å²) in [5.74, 6) is 0. The Balaban J connectivity index is 3.05. The number of benzene rings is 1. The van der Waals surface area contributed by atoms with Crippen molar-refractivity contribution in [3.8, 4) is 0 Å². The molecule has 1 aromatic carbocycles. The van der Waals surface area contributed by atoms with Crippen LogP contribution in [0.2, 0.25) is 0 Å². The number of nitrogen functional groups attached to an aromatic ring is 1. The van der Waals surface area contributed by atoms with Crippen LogP contribution in [0.25, 0.3) is 0 Å². The molecule has 0 bridgehead atoms. The van der Waals surface area contributed by atoms with Gasteiger partial charge in [-0.3, -0.25) is 0 Å². The van der Waals surface area contributed by atoms with Gasteiger partial charge in [0.2, 0.25) is 10.0 Å². The van der Waals surface area contributed by atoms with Gasteiger partial charge in [-0.2, -0.15) is 11.8 Å². The Morgan fingerprint density at radius 1 is 1.39 bits per heavy atom. The van der Waals surface area contributed by atoms with Gasteiger partial charge in [-0.1, -0.05) is 6.92 Å². The number of aryl methyl sites for hydroxylation is 1. The molecule has 4 nitrogen and oxygen atoms in total. The van der Waals surface area contributed by atoms with Gasteiger partial charge in [0.1, 0.15) is 0 Å². The highest BCUT2D eigenvalue weighted by Crippen LogP contribution is 2.22. The molecule has 0 amide bonds. The first-order valence-corrected chi connectivity index (χ1v) is 8.44. The average Bonchev–Trinajstić information content (AvgIpc) is 2.30. The Morgan fingerprint density at radius 3 is 2.56 bits per heavy atom. The van der Waals surface area contributed by atoms with Crippen LogP contribution in [0.15, 0.2) is 17.0 Å². The number of hydrogen-bond acceptors (Lipinski definition) is 4. The second-order valence-electron chi connectivity index (χ2n) is 4.36. The topological polar surface area (TPSA) is 72.2 Å². The van der Waals surface area contributed by atoms with E-state index in [2.05, 4.69) is 4.72 Å². The maximum Gasteiger partial charge on any atom is 0.240 e. The van der Waals surface area contributed by atoms with Gasteiger partial charge in [0.05, 0.1) is 4.90 Å². The lowest BCUT2D eigenvalue weighted by molar-refractivity contribution is 0.580. The van der Waals surface area contributed by atoms with Crippen LogP contribution in [-0.4, -0.2) is 26.5 Å². The third-order valence-corrected chi connectivity index (χ3v) is 5.42. The van der Waals surface area contributed by atoms with Gasteiger partial charge in [0.15, 0.2) is 0 Å². The van der Waals surface area contributed by atoms with Crippen LogP contribution in [0, 0.1) is 13.8 Å². The second kappa shape index (κ2) is 5.95. The van der Waals surface area contributed by atoms with E-state index in [1.54, 1.807) is 24.8 Å². The number of sulfonamides is 1. The average molecular weight is 288 g/mol. The molecule has 102 valence electrons. The van der Waals surface area contributed by atoms with E-state index in [4.69, 9.17) is 5.73 Å². The Morgan fingerprint density at radius 2 is 2.00 bits per heavy atom. The molecule has 0 aliphatic carbocycles. The van der Waals surface area contributed by atoms with E-state index in [-0.39, 0.29) is 10.1 Å². The molecule has 0 radical (unpaired) electrons. The number of hydrogen-bond donors (Lipinski definition) is 2. The van der Waals surface area contributed by atoms with Crippen molar-refractivity contribution < 1.29 is 8.42 Å². The summed E-state index contributed by atoms with van der Waals surface area (Å²) in [5.41, 5.74) is 7.81. The highest BCUT2D eigenvalue weighted by atomic mass is 32.2. The number of nitrogens with one attached hydrogen (secondary N) is 1. The SMILES string of the molecule is CSC(C)CNS(=O)(=O)c1cc(N)cc(C)c1C. The quantitative estimate of drug-likeness (QED) is 0.812. The van der Waals surface area contributed by atoms with Gasteiger partial charge in [0.25, 0.3) is 0 Å². The third-order valence-electron chi connectivity index (χ3n) is 2.89. The van der Waals surface area contributed by atoms with Crippen molar-refractivity contribution in [3.63, 3.8) is 0 Å². The summed E-state index contributed by atoms with van der Waals surface area (Å²) in [5, 5.41) is 0.238. The minimum Gasteiger partial charge on any atom is -0.399 e. The van der Waals surface area contributed by atoms with Crippen LogP contribution >= 0.6 is 11.8 Å². The highest BCUT2D eigenvalue weighted by Gasteiger charge is 2.19. The molecule has 0 aliphatic rings. The maximum atomic E-state index is 12.2. The van der Waals surface area contributed by atoms with E-state index in [1.807, 2.05) is 20.1 Å². The third kappa shape index (κ3) is 3.63. The maximum absolute atomic E-state index is 12.2. The molecule has 0 saturated carbocycles. The normalized spacial score (nSPS) is 13.6. The summed E-state index contributed by atoms with van der Waals surface area (Å²) >= 11 is 1.62. The lowest BCUT2D eigenvalue weighted by Crippen LogP contribution is -2.30. The first-order valence-electron chi connectivity index (χ1n) is 5.67. The molecule has 0 spiro atoms. The smallest absolute Gasteiger partial charge is 0.240 e. The van der Waals surface area contributed by atoms with Crippen molar-refractivity contribution in [1.82, 2.24) is 4.72 Å². The largest absolute Gasteiger partial charge is 0.399 e. The lowest BCUT2D eigenvalue weighted by Gasteiger charge is -2.14. The summed E-state index contributed by atoms with van der Waals surface area (Å²) in [7, 11) is -3.48. The highest BCUT2D eigenvalue weighted by molar-refractivity contribution is 7.99. The molecule has 6 heteroatoms. The first kappa shape index (κ1) is 15.3. The van der Waals surface area contributed by atoms with Crippen LogP contribution in [0.4, 0.5) is 5.69 Å². The zero-order chi connectivity index (χ0) is 13.9. The fourth-order valence-corrected chi connectivity index (χ4v) is 3.36. The van der Waals surface area contributed by atoms with Crippen LogP contribution in [0.5, 0.6) is 0 Å². The molecule has 18 heavy (non-hydrogen) atoms. The second-order valence-corrected chi connectivity index (χ2v) is 7.37. The van der Waals surface area contributed by atoms with E-state index in [0.29, 0.717) is 12.2 Å². The van der Waals surface area contributed by atoms with Gasteiger partial charge in [-0.15, -0.1) is 0 Å². The van der Waals surface area contributed by atoms with E-state index in [1.165, 1.54) is 6.07 Å². The molecule has 1 aromatic rings. The zero-order valence-corrected chi connectivity index (χ0v) is 12.8. The minimum atomic E-state index is -3.48. The van der Waals surface area contributed by atoms with Crippen LogP contribution in [-0.2, 0) is 10.0 Å².